The number of nitrogens with zero attached hydrogens (tertiary/aromatic N) is 1. The van der Waals surface area contributed by atoms with E-state index in [9.17, 15) is 4.79 Å². The topological polar surface area (TPSA) is 38.8 Å². The van der Waals surface area contributed by atoms with Gasteiger partial charge < -0.3 is 14.4 Å². The van der Waals surface area contributed by atoms with Crippen LogP contribution in [0.1, 0.15) is 104 Å². The van der Waals surface area contributed by atoms with Gasteiger partial charge in [-0.25, -0.2) is 0 Å². The van der Waals surface area contributed by atoms with E-state index in [4.69, 9.17) is 9.47 Å². The summed E-state index contributed by atoms with van der Waals surface area (Å²) >= 11 is 0. The Kier molecular flexibility index (Phi) is 12.7. The molecule has 4 nitrogen and oxygen atoms in total. The highest BCUT2D eigenvalue weighted by molar-refractivity contribution is 5.93. The summed E-state index contributed by atoms with van der Waals surface area (Å²) in [6, 6.07) is 7.67. The lowest BCUT2D eigenvalue weighted by molar-refractivity contribution is -0.0554. The number of carbonyl (C=O) groups is 1. The molecule has 0 fully saturated rings. The van der Waals surface area contributed by atoms with Gasteiger partial charge in [0.1, 0.15) is 0 Å². The highest BCUT2D eigenvalue weighted by Crippen LogP contribution is 2.38. The lowest BCUT2D eigenvalue weighted by Crippen LogP contribution is -2.34. The molecule has 0 spiro atoms. The molecule has 4 heteroatoms. The summed E-state index contributed by atoms with van der Waals surface area (Å²) in [4.78, 5) is 13.6. The van der Waals surface area contributed by atoms with E-state index in [0.29, 0.717) is 24.7 Å². The van der Waals surface area contributed by atoms with Crippen LogP contribution in [0.2, 0.25) is 0 Å². The normalized spacial score (nSPS) is 14.9. The highest BCUT2D eigenvalue weighted by Gasteiger charge is 2.32. The van der Waals surface area contributed by atoms with E-state index in [1.165, 1.54) is 30.4 Å². The number of ether oxygens (including phenoxy) is 2. The average Bonchev–Trinajstić information content (AvgIpc) is 2.79. The zero-order chi connectivity index (χ0) is 26.8. The number of hydrogen-bond donors (Lipinski definition) is 0. The smallest absolute Gasteiger partial charge is 0.253 e. The Morgan fingerprint density at radius 3 is 2.09 bits per heavy atom. The minimum Gasteiger partial charge on any atom is -0.375 e. The molecule has 0 heterocycles. The van der Waals surface area contributed by atoms with Crippen molar-refractivity contribution in [3.8, 4) is 0 Å². The van der Waals surface area contributed by atoms with Crippen molar-refractivity contribution in [3.05, 3.63) is 46.5 Å². The van der Waals surface area contributed by atoms with E-state index >= 15 is 0 Å². The summed E-state index contributed by atoms with van der Waals surface area (Å²) in [7, 11) is 3.53. The fourth-order valence-corrected chi connectivity index (χ4v) is 4.48. The summed E-state index contributed by atoms with van der Waals surface area (Å²) in [6.45, 7) is 22.3. The number of amides is 1. The van der Waals surface area contributed by atoms with E-state index in [2.05, 4.69) is 62.3 Å². The van der Waals surface area contributed by atoms with Gasteiger partial charge in [-0.05, 0) is 81.1 Å². The molecule has 200 valence electrons. The van der Waals surface area contributed by atoms with Crippen molar-refractivity contribution in [1.29, 1.82) is 0 Å². The Labute approximate surface area is 216 Å². The fourth-order valence-electron chi connectivity index (χ4n) is 4.48. The van der Waals surface area contributed by atoms with Crippen molar-refractivity contribution in [2.45, 2.75) is 100 Å². The lowest BCUT2D eigenvalue weighted by atomic mass is 9.75. The van der Waals surface area contributed by atoms with E-state index < -0.39 is 0 Å². The van der Waals surface area contributed by atoms with Crippen LogP contribution in [0.25, 0.3) is 0 Å². The zero-order valence-electron chi connectivity index (χ0n) is 24.6. The molecule has 0 bridgehead atoms. The molecular formula is C31H53NO3. The molecule has 0 N–H and O–H groups in total. The summed E-state index contributed by atoms with van der Waals surface area (Å²) in [6.07, 6.45) is 4.74. The van der Waals surface area contributed by atoms with Gasteiger partial charge in [-0.15, -0.1) is 0 Å². The molecule has 0 aromatic heterocycles. The summed E-state index contributed by atoms with van der Waals surface area (Å²) < 4.78 is 12.4. The number of hydrogen-bond acceptors (Lipinski definition) is 3. The number of allylic oxidation sites excluding steroid dienone is 1. The first-order valence-corrected chi connectivity index (χ1v) is 13.4. The maximum absolute atomic E-state index is 12.0. The molecule has 35 heavy (non-hydrogen) atoms. The van der Waals surface area contributed by atoms with Crippen LogP contribution in [0.3, 0.4) is 0 Å². The molecule has 0 saturated heterocycles. The van der Waals surface area contributed by atoms with Crippen LogP contribution < -0.4 is 0 Å². The Balaban J connectivity index is 2.60. The largest absolute Gasteiger partial charge is 0.375 e. The molecule has 1 rings (SSSR count). The molecule has 0 aliphatic heterocycles. The second kappa shape index (κ2) is 14.2. The van der Waals surface area contributed by atoms with Gasteiger partial charge in [0, 0.05) is 26.3 Å². The molecule has 1 aromatic carbocycles. The van der Waals surface area contributed by atoms with Gasteiger partial charge in [0.25, 0.3) is 5.91 Å². The van der Waals surface area contributed by atoms with E-state index in [1.54, 1.807) is 19.0 Å². The maximum atomic E-state index is 12.0. The van der Waals surface area contributed by atoms with Crippen molar-refractivity contribution < 1.29 is 14.3 Å². The predicted octanol–water partition coefficient (Wildman–Crippen LogP) is 7.92. The molecule has 2 atom stereocenters. The van der Waals surface area contributed by atoms with Crippen LogP contribution in [-0.2, 0) is 16.1 Å². The summed E-state index contributed by atoms with van der Waals surface area (Å²) in [5.41, 5.74) is 4.25. The van der Waals surface area contributed by atoms with E-state index in [-0.39, 0.29) is 16.9 Å². The first-order valence-electron chi connectivity index (χ1n) is 13.4. The molecule has 1 aromatic rings. The summed E-state index contributed by atoms with van der Waals surface area (Å²) in [5.74, 6) is 1.41. The number of carbonyl (C=O) groups excluding carboxylic acids is 1. The Hall–Kier alpha value is -1.65. The monoisotopic (exact) mass is 487 g/mol. The van der Waals surface area contributed by atoms with Crippen molar-refractivity contribution in [1.82, 2.24) is 4.90 Å². The predicted molar refractivity (Wildman–Crippen MR) is 149 cm³/mol. The van der Waals surface area contributed by atoms with Crippen molar-refractivity contribution in [2.75, 3.05) is 27.3 Å². The molecule has 0 saturated carbocycles. The zero-order valence-corrected chi connectivity index (χ0v) is 24.6. The molecular weight excluding hydrogens is 434 g/mol. The first-order chi connectivity index (χ1) is 16.2. The van der Waals surface area contributed by atoms with Crippen LogP contribution in [0.15, 0.2) is 35.4 Å². The Morgan fingerprint density at radius 1 is 0.971 bits per heavy atom. The highest BCUT2D eigenvalue weighted by atomic mass is 16.5. The van der Waals surface area contributed by atoms with Gasteiger partial charge in [0.15, 0.2) is 0 Å². The number of benzene rings is 1. The Morgan fingerprint density at radius 2 is 1.54 bits per heavy atom. The second-order valence-corrected chi connectivity index (χ2v) is 12.1. The van der Waals surface area contributed by atoms with Crippen LogP contribution in [-0.4, -0.2) is 43.7 Å². The van der Waals surface area contributed by atoms with Gasteiger partial charge >= 0.3 is 0 Å². The van der Waals surface area contributed by atoms with Gasteiger partial charge in [0.2, 0.25) is 0 Å². The minimum absolute atomic E-state index is 0.0153. The molecule has 0 aliphatic rings. The van der Waals surface area contributed by atoms with Gasteiger partial charge in [-0.1, -0.05) is 65.2 Å². The van der Waals surface area contributed by atoms with Gasteiger partial charge in [-0.3, -0.25) is 4.79 Å². The van der Waals surface area contributed by atoms with E-state index in [0.717, 1.165) is 24.5 Å². The molecule has 0 radical (unpaired) electrons. The SMILES string of the molecule is CCC(C)CCC(C)COC(C)(C)CC(C)(C)C(C)=C(C)COCc1ccc(C(=O)N(C)C)cc1. The minimum atomic E-state index is -0.178. The van der Waals surface area contributed by atoms with Gasteiger partial charge in [-0.2, -0.15) is 0 Å². The second-order valence-electron chi connectivity index (χ2n) is 12.1. The number of rotatable bonds is 15. The van der Waals surface area contributed by atoms with Crippen LogP contribution in [0.5, 0.6) is 0 Å². The van der Waals surface area contributed by atoms with Crippen LogP contribution in [0.4, 0.5) is 0 Å². The average molecular weight is 488 g/mol. The molecule has 1 amide bonds. The van der Waals surface area contributed by atoms with Crippen LogP contribution in [0, 0.1) is 17.3 Å². The van der Waals surface area contributed by atoms with Crippen molar-refractivity contribution in [2.24, 2.45) is 17.3 Å². The third kappa shape index (κ3) is 11.3. The molecule has 2 unspecified atom stereocenters. The third-order valence-corrected chi connectivity index (χ3v) is 7.33. The standard InChI is InChI=1S/C31H53NO3/c1-12-23(2)13-14-24(3)19-35-31(8,9)22-30(6,7)26(5)25(4)20-34-21-27-15-17-28(18-16-27)29(33)32(10)11/h15-18,23-24H,12-14,19-22H2,1-11H3. The van der Waals surface area contributed by atoms with Crippen molar-refractivity contribution >= 4 is 5.91 Å². The van der Waals surface area contributed by atoms with Crippen molar-refractivity contribution in [3.63, 3.8) is 0 Å². The first kappa shape index (κ1) is 31.4. The molecule has 0 aliphatic carbocycles. The lowest BCUT2D eigenvalue weighted by Gasteiger charge is -2.37. The quantitative estimate of drug-likeness (QED) is 0.236. The maximum Gasteiger partial charge on any atom is 0.253 e. The Bertz CT molecular complexity index is 805. The van der Waals surface area contributed by atoms with Gasteiger partial charge in [0.05, 0.1) is 18.8 Å². The fraction of sp³-hybridized carbons (Fsp3) is 0.710. The van der Waals surface area contributed by atoms with Crippen LogP contribution >= 0.6 is 0 Å². The summed E-state index contributed by atoms with van der Waals surface area (Å²) in [5, 5.41) is 0. The third-order valence-electron chi connectivity index (χ3n) is 7.33. The van der Waals surface area contributed by atoms with E-state index in [1.807, 2.05) is 24.3 Å².